The number of aliphatic carboxylic acids is 1. The number of carboxylic acid groups (broad SMARTS) is 1. The molecule has 0 bridgehead atoms. The molecule has 0 fully saturated rings. The van der Waals surface area contributed by atoms with Gasteiger partial charge in [0.2, 0.25) is 0 Å². The van der Waals surface area contributed by atoms with Gasteiger partial charge in [-0.15, -0.1) is 0 Å². The van der Waals surface area contributed by atoms with Crippen molar-refractivity contribution in [3.63, 3.8) is 0 Å². The smallest absolute Gasteiger partial charge is 0.544 e. The summed E-state index contributed by atoms with van der Waals surface area (Å²) in [5, 5.41) is 9.16. The van der Waals surface area contributed by atoms with Crippen molar-refractivity contribution in [2.75, 3.05) is 0 Å². The van der Waals surface area contributed by atoms with E-state index >= 15 is 0 Å². The molecule has 0 heterocycles. The first-order valence-corrected chi connectivity index (χ1v) is 2.54. The van der Waals surface area contributed by atoms with E-state index in [1.54, 1.807) is 0 Å². The maximum Gasteiger partial charge on any atom is 1.00 e. The summed E-state index contributed by atoms with van der Waals surface area (Å²) in [4.78, 5) is 9.16. The summed E-state index contributed by atoms with van der Waals surface area (Å²) in [5.74, 6) is -6.03. The van der Waals surface area contributed by atoms with Gasteiger partial charge in [0.1, 0.15) is 5.97 Å². The zero-order chi connectivity index (χ0) is 8.08. The zero-order valence-corrected chi connectivity index (χ0v) is 8.57. The average molecular weight is 162 g/mol. The van der Waals surface area contributed by atoms with E-state index in [1.807, 2.05) is 13.8 Å². The molecule has 10 heavy (non-hydrogen) atoms. The number of carbonyl (C=O) groups excluding carboxylic acids is 1. The second kappa shape index (κ2) is 7.44. The van der Waals surface area contributed by atoms with Crippen LogP contribution in [0.3, 0.4) is 0 Å². The van der Waals surface area contributed by atoms with E-state index in [4.69, 9.17) is 9.90 Å². The molecule has 2 nitrogen and oxygen atoms in total. The molecule has 0 aliphatic carbocycles. The maximum atomic E-state index is 11.2. The van der Waals surface area contributed by atoms with Gasteiger partial charge in [0.05, 0.1) is 0 Å². The van der Waals surface area contributed by atoms with Crippen LogP contribution in [0, 0.1) is 0 Å². The Balaban J connectivity index is -0.000000149. The van der Waals surface area contributed by atoms with Crippen LogP contribution in [-0.4, -0.2) is 11.9 Å². The number of carboxylic acids is 1. The number of hydrogen-bond donors (Lipinski definition) is 0. The molecule has 56 valence electrons. The molecule has 0 aliphatic heterocycles. The minimum absolute atomic E-state index is 0. The molecule has 0 rings (SSSR count). The third-order valence-corrected chi connectivity index (χ3v) is 0.358. The van der Waals surface area contributed by atoms with Crippen LogP contribution < -0.4 is 34.7 Å². The summed E-state index contributed by atoms with van der Waals surface area (Å²) in [5.41, 5.74) is 0. The van der Waals surface area contributed by atoms with Crippen LogP contribution in [0.15, 0.2) is 0 Å². The molecule has 0 atom stereocenters. The molecule has 0 saturated carbocycles. The number of halogens is 2. The fourth-order valence-corrected chi connectivity index (χ4v) is 0. The minimum atomic E-state index is -3.69. The molecule has 0 amide bonds. The van der Waals surface area contributed by atoms with Crippen molar-refractivity contribution in [2.24, 2.45) is 0 Å². The average Bonchev–Trinajstić information content (AvgIpc) is 1.69. The number of rotatable bonds is 1. The van der Waals surface area contributed by atoms with Gasteiger partial charge in [0.15, 0.2) is 0 Å². The third-order valence-electron chi connectivity index (χ3n) is 0.358. The van der Waals surface area contributed by atoms with Gasteiger partial charge in [-0.05, 0) is 0 Å². The standard InChI is InChI=1S/C3H4F2O2.C2H6.Na/c1-3(4,5)2(6)7;1-2;/h1H3,(H,6,7);1-2H3;/q;;+1/p-1. The Morgan fingerprint density at radius 3 is 1.50 bits per heavy atom. The first kappa shape index (κ1) is 16.7. The Hall–Kier alpha value is 0.330. The molecule has 0 aromatic heterocycles. The van der Waals surface area contributed by atoms with E-state index in [1.165, 1.54) is 0 Å². The third kappa shape index (κ3) is 11.2. The van der Waals surface area contributed by atoms with Gasteiger partial charge in [-0.2, -0.15) is 0 Å². The largest absolute Gasteiger partial charge is 1.00 e. The van der Waals surface area contributed by atoms with Crippen molar-refractivity contribution in [1.29, 1.82) is 0 Å². The molecule has 0 saturated heterocycles. The van der Waals surface area contributed by atoms with Crippen molar-refractivity contribution >= 4 is 5.97 Å². The van der Waals surface area contributed by atoms with E-state index in [0.717, 1.165) is 0 Å². The van der Waals surface area contributed by atoms with Crippen molar-refractivity contribution in [1.82, 2.24) is 0 Å². The Bertz CT molecular complexity index is 90.1. The van der Waals surface area contributed by atoms with Crippen LogP contribution in [0.4, 0.5) is 8.78 Å². The summed E-state index contributed by atoms with van der Waals surface area (Å²) in [6.45, 7) is 4.27. The van der Waals surface area contributed by atoms with E-state index in [9.17, 15) is 8.78 Å². The summed E-state index contributed by atoms with van der Waals surface area (Å²) in [6, 6.07) is 0. The van der Waals surface area contributed by atoms with Gasteiger partial charge < -0.3 is 9.90 Å². The first-order chi connectivity index (χ1) is 3.94. The minimum Gasteiger partial charge on any atom is -0.544 e. The summed E-state index contributed by atoms with van der Waals surface area (Å²) < 4.78 is 22.4. The predicted octanol–water partition coefficient (Wildman–Crippen LogP) is -2.58. The van der Waals surface area contributed by atoms with Gasteiger partial charge in [0.25, 0.3) is 5.92 Å². The monoisotopic (exact) mass is 162 g/mol. The Labute approximate surface area is 80.9 Å². The summed E-state index contributed by atoms with van der Waals surface area (Å²) in [7, 11) is 0. The molecule has 0 unspecified atom stereocenters. The molecule has 0 spiro atoms. The van der Waals surface area contributed by atoms with Crippen LogP contribution in [0.25, 0.3) is 0 Å². The number of carbonyl (C=O) groups is 1. The van der Waals surface area contributed by atoms with E-state index in [2.05, 4.69) is 0 Å². The topological polar surface area (TPSA) is 40.1 Å². The molecule has 0 N–H and O–H groups in total. The first-order valence-electron chi connectivity index (χ1n) is 2.54. The fourth-order valence-electron chi connectivity index (χ4n) is 0. The second-order valence-electron chi connectivity index (χ2n) is 1.18. The van der Waals surface area contributed by atoms with Crippen molar-refractivity contribution in [2.45, 2.75) is 26.7 Å². The molecule has 5 heteroatoms. The maximum absolute atomic E-state index is 11.2. The molecule has 0 aliphatic rings. The van der Waals surface area contributed by atoms with E-state index < -0.39 is 11.9 Å². The quantitative estimate of drug-likeness (QED) is 0.397. The summed E-state index contributed by atoms with van der Waals surface area (Å²) >= 11 is 0. The Morgan fingerprint density at radius 2 is 1.50 bits per heavy atom. The second-order valence-corrected chi connectivity index (χ2v) is 1.18. The van der Waals surface area contributed by atoms with Gasteiger partial charge in [-0.1, -0.05) is 13.8 Å². The Morgan fingerprint density at radius 1 is 1.40 bits per heavy atom. The van der Waals surface area contributed by atoms with Crippen LogP contribution in [0.2, 0.25) is 0 Å². The van der Waals surface area contributed by atoms with Crippen molar-refractivity contribution in [3.05, 3.63) is 0 Å². The predicted molar refractivity (Wildman–Crippen MR) is 27.0 cm³/mol. The van der Waals surface area contributed by atoms with Crippen LogP contribution in [-0.2, 0) is 4.79 Å². The van der Waals surface area contributed by atoms with E-state index in [-0.39, 0.29) is 36.5 Å². The molecule has 0 aromatic carbocycles. The molecular formula is C5H9F2NaO2. The van der Waals surface area contributed by atoms with Gasteiger partial charge in [-0.25, -0.2) is 8.78 Å². The summed E-state index contributed by atoms with van der Waals surface area (Å²) in [6.07, 6.45) is 0. The van der Waals surface area contributed by atoms with Crippen LogP contribution >= 0.6 is 0 Å². The Kier molecular flexibility index (Phi) is 12.4. The molecule has 0 aromatic rings. The zero-order valence-electron chi connectivity index (χ0n) is 6.57. The number of hydrogen-bond acceptors (Lipinski definition) is 2. The van der Waals surface area contributed by atoms with Gasteiger partial charge in [0, 0.05) is 6.92 Å². The fraction of sp³-hybridized carbons (Fsp3) is 0.800. The molecular weight excluding hydrogens is 153 g/mol. The van der Waals surface area contributed by atoms with Crippen LogP contribution in [0.5, 0.6) is 0 Å². The molecule has 0 radical (unpaired) electrons. The van der Waals surface area contributed by atoms with Gasteiger partial charge in [-0.3, -0.25) is 0 Å². The van der Waals surface area contributed by atoms with Crippen LogP contribution in [0.1, 0.15) is 20.8 Å². The SMILES string of the molecule is CC.CC(F)(F)C(=O)[O-].[Na+]. The normalized spacial score (nSPS) is 8.50. The number of alkyl halides is 2. The van der Waals surface area contributed by atoms with Crippen molar-refractivity contribution in [3.8, 4) is 0 Å². The van der Waals surface area contributed by atoms with Gasteiger partial charge >= 0.3 is 29.6 Å². The van der Waals surface area contributed by atoms with E-state index in [0.29, 0.717) is 0 Å². The van der Waals surface area contributed by atoms with Crippen molar-refractivity contribution < 1.29 is 48.2 Å².